The maximum absolute atomic E-state index is 12.3. The highest BCUT2D eigenvalue weighted by molar-refractivity contribution is 5.94. The Balaban J connectivity index is 1.58. The van der Waals surface area contributed by atoms with Crippen LogP contribution in [0.5, 0.6) is 5.75 Å². The maximum Gasteiger partial charge on any atom is 0.251 e. The standard InChI is InChI=1S/C21H23N3O2/c1-15-5-4-6-16(2)20(15)26-14-17-7-9-18(10-8-17)21(25)22-13-19-11-12-23-24(19)3/h4-12H,13-14H2,1-3H3,(H,22,25). The fourth-order valence-electron chi connectivity index (χ4n) is 2.78. The van der Waals surface area contributed by atoms with E-state index in [0.29, 0.717) is 18.7 Å². The van der Waals surface area contributed by atoms with Gasteiger partial charge in [-0.05, 0) is 48.7 Å². The van der Waals surface area contributed by atoms with Crippen LogP contribution in [0.3, 0.4) is 0 Å². The van der Waals surface area contributed by atoms with Crippen molar-refractivity contribution in [2.45, 2.75) is 27.0 Å². The van der Waals surface area contributed by atoms with Crippen LogP contribution >= 0.6 is 0 Å². The van der Waals surface area contributed by atoms with Gasteiger partial charge in [0, 0.05) is 18.8 Å². The summed E-state index contributed by atoms with van der Waals surface area (Å²) in [5, 5.41) is 6.99. The quantitative estimate of drug-likeness (QED) is 0.740. The summed E-state index contributed by atoms with van der Waals surface area (Å²) < 4.78 is 7.70. The van der Waals surface area contributed by atoms with Gasteiger partial charge in [-0.1, -0.05) is 30.3 Å². The number of carbonyl (C=O) groups is 1. The van der Waals surface area contributed by atoms with Crippen molar-refractivity contribution in [2.75, 3.05) is 0 Å². The second-order valence-corrected chi connectivity index (χ2v) is 6.34. The second kappa shape index (κ2) is 7.87. The van der Waals surface area contributed by atoms with Gasteiger partial charge in [-0.15, -0.1) is 0 Å². The van der Waals surface area contributed by atoms with Crippen LogP contribution in [0.25, 0.3) is 0 Å². The minimum atomic E-state index is -0.103. The molecule has 0 bridgehead atoms. The largest absolute Gasteiger partial charge is 0.488 e. The molecule has 2 aromatic carbocycles. The number of nitrogens with one attached hydrogen (secondary N) is 1. The summed E-state index contributed by atoms with van der Waals surface area (Å²) in [5.41, 5.74) is 4.85. The molecule has 1 aromatic heterocycles. The van der Waals surface area contributed by atoms with E-state index in [4.69, 9.17) is 4.74 Å². The first-order valence-corrected chi connectivity index (χ1v) is 8.57. The Morgan fingerprint density at radius 2 is 1.77 bits per heavy atom. The summed E-state index contributed by atoms with van der Waals surface area (Å²) in [6.45, 7) is 5.01. The molecule has 0 saturated heterocycles. The first-order chi connectivity index (χ1) is 12.5. The maximum atomic E-state index is 12.3. The summed E-state index contributed by atoms with van der Waals surface area (Å²) >= 11 is 0. The molecule has 0 aliphatic rings. The zero-order chi connectivity index (χ0) is 18.5. The van der Waals surface area contributed by atoms with Crippen molar-refractivity contribution in [3.05, 3.63) is 82.7 Å². The van der Waals surface area contributed by atoms with E-state index in [1.807, 2.05) is 69.4 Å². The minimum Gasteiger partial charge on any atom is -0.488 e. The van der Waals surface area contributed by atoms with E-state index in [1.165, 1.54) is 0 Å². The highest BCUT2D eigenvalue weighted by Gasteiger charge is 2.08. The minimum absolute atomic E-state index is 0.103. The first kappa shape index (κ1) is 17.7. The lowest BCUT2D eigenvalue weighted by Crippen LogP contribution is -2.24. The van der Waals surface area contributed by atoms with Gasteiger partial charge < -0.3 is 10.1 Å². The lowest BCUT2D eigenvalue weighted by atomic mass is 10.1. The summed E-state index contributed by atoms with van der Waals surface area (Å²) in [4.78, 5) is 12.3. The van der Waals surface area contributed by atoms with Crippen LogP contribution < -0.4 is 10.1 Å². The van der Waals surface area contributed by atoms with E-state index >= 15 is 0 Å². The number of hydrogen-bond donors (Lipinski definition) is 1. The molecule has 0 atom stereocenters. The highest BCUT2D eigenvalue weighted by atomic mass is 16.5. The fourth-order valence-corrected chi connectivity index (χ4v) is 2.78. The molecule has 5 heteroatoms. The molecule has 0 unspecified atom stereocenters. The van der Waals surface area contributed by atoms with Crippen molar-refractivity contribution in [1.29, 1.82) is 0 Å². The normalized spacial score (nSPS) is 10.6. The monoisotopic (exact) mass is 349 g/mol. The van der Waals surface area contributed by atoms with Crippen LogP contribution in [-0.4, -0.2) is 15.7 Å². The van der Waals surface area contributed by atoms with Gasteiger partial charge in [0.25, 0.3) is 5.91 Å². The number of amides is 1. The van der Waals surface area contributed by atoms with Crippen molar-refractivity contribution in [3.63, 3.8) is 0 Å². The Bertz CT molecular complexity index is 878. The zero-order valence-electron chi connectivity index (χ0n) is 15.3. The molecule has 0 saturated carbocycles. The van der Waals surface area contributed by atoms with Gasteiger partial charge in [-0.3, -0.25) is 9.48 Å². The molecule has 5 nitrogen and oxygen atoms in total. The third kappa shape index (κ3) is 4.11. The number of aromatic nitrogens is 2. The predicted molar refractivity (Wildman–Crippen MR) is 101 cm³/mol. The molecule has 0 aliphatic heterocycles. The van der Waals surface area contributed by atoms with Crippen LogP contribution in [0.4, 0.5) is 0 Å². The number of benzene rings is 2. The summed E-state index contributed by atoms with van der Waals surface area (Å²) in [6, 6.07) is 15.5. The molecule has 26 heavy (non-hydrogen) atoms. The van der Waals surface area contributed by atoms with Crippen LogP contribution in [-0.2, 0) is 20.2 Å². The highest BCUT2D eigenvalue weighted by Crippen LogP contribution is 2.23. The van der Waals surface area contributed by atoms with Gasteiger partial charge in [-0.25, -0.2) is 0 Å². The number of aryl methyl sites for hydroxylation is 3. The van der Waals surface area contributed by atoms with E-state index in [1.54, 1.807) is 10.9 Å². The van der Waals surface area contributed by atoms with Crippen LogP contribution in [0.2, 0.25) is 0 Å². The number of ether oxygens (including phenoxy) is 1. The summed E-state index contributed by atoms with van der Waals surface area (Å²) in [5.74, 6) is 0.818. The molecule has 0 spiro atoms. The first-order valence-electron chi connectivity index (χ1n) is 8.57. The van der Waals surface area contributed by atoms with Gasteiger partial charge in [0.2, 0.25) is 0 Å². The number of carbonyl (C=O) groups excluding carboxylic acids is 1. The molecule has 1 heterocycles. The lowest BCUT2D eigenvalue weighted by Gasteiger charge is -2.12. The Labute approximate surface area is 153 Å². The number of para-hydroxylation sites is 1. The average molecular weight is 349 g/mol. The molecular formula is C21H23N3O2. The van der Waals surface area contributed by atoms with Gasteiger partial charge in [0.05, 0.1) is 12.2 Å². The molecular weight excluding hydrogens is 326 g/mol. The van der Waals surface area contributed by atoms with E-state index in [2.05, 4.69) is 10.4 Å². The van der Waals surface area contributed by atoms with Gasteiger partial charge in [0.1, 0.15) is 12.4 Å². The third-order valence-corrected chi connectivity index (χ3v) is 4.36. The molecule has 0 fully saturated rings. The Morgan fingerprint density at radius 1 is 1.08 bits per heavy atom. The Kier molecular flexibility index (Phi) is 5.37. The Hall–Kier alpha value is -3.08. The number of nitrogens with zero attached hydrogens (tertiary/aromatic N) is 2. The lowest BCUT2D eigenvalue weighted by molar-refractivity contribution is 0.0950. The van der Waals surface area contributed by atoms with Crippen molar-refractivity contribution in [2.24, 2.45) is 7.05 Å². The molecule has 3 aromatic rings. The van der Waals surface area contributed by atoms with Gasteiger partial charge in [-0.2, -0.15) is 5.10 Å². The second-order valence-electron chi connectivity index (χ2n) is 6.34. The molecule has 1 N–H and O–H groups in total. The van der Waals surface area contributed by atoms with Crippen LogP contribution in [0, 0.1) is 13.8 Å². The van der Waals surface area contributed by atoms with Crippen molar-refractivity contribution in [1.82, 2.24) is 15.1 Å². The van der Waals surface area contributed by atoms with Crippen LogP contribution in [0.15, 0.2) is 54.7 Å². The third-order valence-electron chi connectivity index (χ3n) is 4.36. The van der Waals surface area contributed by atoms with Crippen LogP contribution in [0.1, 0.15) is 32.7 Å². The van der Waals surface area contributed by atoms with E-state index in [-0.39, 0.29) is 5.91 Å². The Morgan fingerprint density at radius 3 is 2.38 bits per heavy atom. The molecule has 1 amide bonds. The average Bonchev–Trinajstić information content (AvgIpc) is 3.05. The van der Waals surface area contributed by atoms with Gasteiger partial charge >= 0.3 is 0 Å². The summed E-state index contributed by atoms with van der Waals surface area (Å²) in [6.07, 6.45) is 1.71. The van der Waals surface area contributed by atoms with Gasteiger partial charge in [0.15, 0.2) is 0 Å². The topological polar surface area (TPSA) is 56.1 Å². The number of rotatable bonds is 6. The van der Waals surface area contributed by atoms with E-state index < -0.39 is 0 Å². The molecule has 0 aliphatic carbocycles. The zero-order valence-corrected chi connectivity index (χ0v) is 15.3. The fraction of sp³-hybridized carbons (Fsp3) is 0.238. The number of hydrogen-bond acceptors (Lipinski definition) is 3. The van der Waals surface area contributed by atoms with E-state index in [0.717, 1.165) is 28.1 Å². The molecule has 3 rings (SSSR count). The summed E-state index contributed by atoms with van der Waals surface area (Å²) in [7, 11) is 1.85. The SMILES string of the molecule is Cc1cccc(C)c1OCc1ccc(C(=O)NCc2ccnn2C)cc1. The molecule has 134 valence electrons. The van der Waals surface area contributed by atoms with Crippen molar-refractivity contribution >= 4 is 5.91 Å². The predicted octanol–water partition coefficient (Wildman–Crippen LogP) is 3.55. The van der Waals surface area contributed by atoms with Crippen molar-refractivity contribution < 1.29 is 9.53 Å². The van der Waals surface area contributed by atoms with Crippen molar-refractivity contribution in [3.8, 4) is 5.75 Å². The molecule has 0 radical (unpaired) electrons. The van der Waals surface area contributed by atoms with E-state index in [9.17, 15) is 4.79 Å². The smallest absolute Gasteiger partial charge is 0.251 e.